The summed E-state index contributed by atoms with van der Waals surface area (Å²) in [6.45, 7) is 9.89. The first-order valence-electron chi connectivity index (χ1n) is 7.76. The Bertz CT molecular complexity index is 381. The first-order valence-corrected chi connectivity index (χ1v) is 7.76. The summed E-state index contributed by atoms with van der Waals surface area (Å²) >= 11 is 0. The second-order valence-electron chi connectivity index (χ2n) is 5.56. The molecule has 1 aromatic rings. The summed E-state index contributed by atoms with van der Waals surface area (Å²) in [4.78, 5) is 2.46. The lowest BCUT2D eigenvalue weighted by Crippen LogP contribution is -2.32. The minimum absolute atomic E-state index is 0.0854. The lowest BCUT2D eigenvalue weighted by atomic mass is 10.0. The second-order valence-corrected chi connectivity index (χ2v) is 5.56. The van der Waals surface area contributed by atoms with Gasteiger partial charge in [-0.05, 0) is 38.5 Å². The molecule has 0 radical (unpaired) electrons. The van der Waals surface area contributed by atoms with Gasteiger partial charge in [-0.25, -0.2) is 4.39 Å². The van der Waals surface area contributed by atoms with E-state index in [1.54, 1.807) is 6.07 Å². The van der Waals surface area contributed by atoms with Gasteiger partial charge in [-0.2, -0.15) is 0 Å². The smallest absolute Gasteiger partial charge is 0.127 e. The van der Waals surface area contributed by atoms with Crippen LogP contribution in [0.1, 0.15) is 45.2 Å². The minimum atomic E-state index is -0.114. The molecule has 0 amide bonds. The largest absolute Gasteiger partial charge is 0.313 e. The van der Waals surface area contributed by atoms with Crippen LogP contribution >= 0.6 is 0 Å². The molecule has 0 aliphatic rings. The van der Waals surface area contributed by atoms with Crippen molar-refractivity contribution in [2.24, 2.45) is 5.92 Å². The summed E-state index contributed by atoms with van der Waals surface area (Å²) in [5.41, 5.74) is 0.773. The van der Waals surface area contributed by atoms with Crippen molar-refractivity contribution in [1.82, 2.24) is 10.2 Å². The molecule has 114 valence electrons. The van der Waals surface area contributed by atoms with Crippen LogP contribution < -0.4 is 5.32 Å². The normalized spacial score (nSPS) is 14.5. The van der Waals surface area contributed by atoms with Crippen molar-refractivity contribution in [2.75, 3.05) is 26.7 Å². The molecule has 0 fully saturated rings. The van der Waals surface area contributed by atoms with Gasteiger partial charge in [0.05, 0.1) is 0 Å². The highest BCUT2D eigenvalue weighted by atomic mass is 19.1. The molecule has 1 N–H and O–H groups in total. The minimum Gasteiger partial charge on any atom is -0.313 e. The van der Waals surface area contributed by atoms with Crippen molar-refractivity contribution >= 4 is 0 Å². The summed E-state index contributed by atoms with van der Waals surface area (Å²) in [5.74, 6) is 0.605. The quantitative estimate of drug-likeness (QED) is 0.739. The van der Waals surface area contributed by atoms with Crippen molar-refractivity contribution in [3.63, 3.8) is 0 Å². The summed E-state index contributed by atoms with van der Waals surface area (Å²) < 4.78 is 13.8. The maximum Gasteiger partial charge on any atom is 0.127 e. The highest BCUT2D eigenvalue weighted by molar-refractivity contribution is 5.21. The van der Waals surface area contributed by atoms with E-state index in [0.29, 0.717) is 0 Å². The maximum atomic E-state index is 13.8. The Hall–Kier alpha value is -0.930. The predicted molar refractivity (Wildman–Crippen MR) is 84.4 cm³/mol. The van der Waals surface area contributed by atoms with E-state index < -0.39 is 0 Å². The van der Waals surface area contributed by atoms with Crippen LogP contribution in [-0.2, 0) is 0 Å². The summed E-state index contributed by atoms with van der Waals surface area (Å²) in [5, 5.41) is 3.24. The van der Waals surface area contributed by atoms with Gasteiger partial charge in [0, 0.05) is 18.2 Å². The molecule has 2 unspecified atom stereocenters. The standard InChI is InChI=1S/C17H29FN2/c1-5-14(3)13-20(6-2)12-11-17(19-4)15-9-7-8-10-16(15)18/h7-10,14,17,19H,5-6,11-13H2,1-4H3. The third kappa shape index (κ3) is 5.22. The third-order valence-corrected chi connectivity index (χ3v) is 4.08. The van der Waals surface area contributed by atoms with Gasteiger partial charge in [0.2, 0.25) is 0 Å². The fourth-order valence-corrected chi connectivity index (χ4v) is 2.47. The van der Waals surface area contributed by atoms with Crippen LogP contribution in [0.3, 0.4) is 0 Å². The number of hydrogen-bond acceptors (Lipinski definition) is 2. The van der Waals surface area contributed by atoms with Crippen LogP contribution in [-0.4, -0.2) is 31.6 Å². The number of rotatable bonds is 9. The van der Waals surface area contributed by atoms with Gasteiger partial charge >= 0.3 is 0 Å². The number of nitrogens with zero attached hydrogens (tertiary/aromatic N) is 1. The van der Waals surface area contributed by atoms with Crippen LogP contribution in [0.5, 0.6) is 0 Å². The molecule has 0 aliphatic carbocycles. The lowest BCUT2D eigenvalue weighted by molar-refractivity contribution is 0.233. The molecule has 20 heavy (non-hydrogen) atoms. The van der Waals surface area contributed by atoms with Crippen molar-refractivity contribution < 1.29 is 4.39 Å². The molecule has 1 rings (SSSR count). The van der Waals surface area contributed by atoms with E-state index in [1.807, 2.05) is 19.2 Å². The molecule has 0 saturated carbocycles. The Labute approximate surface area is 123 Å². The molecule has 0 aromatic heterocycles. The van der Waals surface area contributed by atoms with Gasteiger partial charge in [-0.1, -0.05) is 45.4 Å². The summed E-state index contributed by atoms with van der Waals surface area (Å²) in [6.07, 6.45) is 2.14. The average Bonchev–Trinajstić information content (AvgIpc) is 2.47. The van der Waals surface area contributed by atoms with Crippen molar-refractivity contribution in [3.8, 4) is 0 Å². The Morgan fingerprint density at radius 3 is 2.50 bits per heavy atom. The molecular weight excluding hydrogens is 251 g/mol. The van der Waals surface area contributed by atoms with E-state index in [1.165, 1.54) is 12.5 Å². The van der Waals surface area contributed by atoms with E-state index >= 15 is 0 Å². The summed E-state index contributed by atoms with van der Waals surface area (Å²) in [7, 11) is 1.90. The summed E-state index contributed by atoms with van der Waals surface area (Å²) in [6, 6.07) is 7.15. The van der Waals surface area contributed by atoms with E-state index in [4.69, 9.17) is 0 Å². The number of hydrogen-bond donors (Lipinski definition) is 1. The van der Waals surface area contributed by atoms with E-state index in [2.05, 4.69) is 31.0 Å². The monoisotopic (exact) mass is 280 g/mol. The molecule has 2 atom stereocenters. The van der Waals surface area contributed by atoms with Crippen molar-refractivity contribution in [2.45, 2.75) is 39.7 Å². The Morgan fingerprint density at radius 1 is 1.25 bits per heavy atom. The maximum absolute atomic E-state index is 13.8. The number of halogens is 1. The van der Waals surface area contributed by atoms with E-state index in [9.17, 15) is 4.39 Å². The average molecular weight is 280 g/mol. The van der Waals surface area contributed by atoms with Gasteiger partial charge in [0.25, 0.3) is 0 Å². The Kier molecular flexibility index (Phi) is 7.78. The molecule has 0 aliphatic heterocycles. The number of benzene rings is 1. The zero-order valence-corrected chi connectivity index (χ0v) is 13.3. The van der Waals surface area contributed by atoms with Crippen LogP contribution in [0, 0.1) is 11.7 Å². The van der Waals surface area contributed by atoms with Crippen LogP contribution in [0.2, 0.25) is 0 Å². The highest BCUT2D eigenvalue weighted by Gasteiger charge is 2.15. The highest BCUT2D eigenvalue weighted by Crippen LogP contribution is 2.20. The zero-order chi connectivity index (χ0) is 15.0. The van der Waals surface area contributed by atoms with Crippen molar-refractivity contribution in [3.05, 3.63) is 35.6 Å². The topological polar surface area (TPSA) is 15.3 Å². The number of nitrogens with one attached hydrogen (secondary N) is 1. The fourth-order valence-electron chi connectivity index (χ4n) is 2.47. The van der Waals surface area contributed by atoms with Crippen LogP contribution in [0.15, 0.2) is 24.3 Å². The van der Waals surface area contributed by atoms with Gasteiger partial charge < -0.3 is 10.2 Å². The van der Waals surface area contributed by atoms with Gasteiger partial charge in [0.1, 0.15) is 5.82 Å². The molecule has 0 heterocycles. The van der Waals surface area contributed by atoms with Gasteiger partial charge in [0.15, 0.2) is 0 Å². The SMILES string of the molecule is CCC(C)CN(CC)CCC(NC)c1ccccc1F. The first kappa shape index (κ1) is 17.1. The van der Waals surface area contributed by atoms with Gasteiger partial charge in [-0.15, -0.1) is 0 Å². The predicted octanol–water partition coefficient (Wildman–Crippen LogP) is 3.84. The van der Waals surface area contributed by atoms with Crippen molar-refractivity contribution in [1.29, 1.82) is 0 Å². The molecule has 2 nitrogen and oxygen atoms in total. The van der Waals surface area contributed by atoms with Crippen LogP contribution in [0.4, 0.5) is 4.39 Å². The molecule has 0 spiro atoms. The van der Waals surface area contributed by atoms with E-state index in [0.717, 1.165) is 37.5 Å². The zero-order valence-electron chi connectivity index (χ0n) is 13.3. The fraction of sp³-hybridized carbons (Fsp3) is 0.647. The molecule has 0 bridgehead atoms. The molecule has 3 heteroatoms. The molecule has 1 aromatic carbocycles. The van der Waals surface area contributed by atoms with Crippen LogP contribution in [0.25, 0.3) is 0 Å². The Balaban J connectivity index is 2.58. The Morgan fingerprint density at radius 2 is 1.95 bits per heavy atom. The van der Waals surface area contributed by atoms with Gasteiger partial charge in [-0.3, -0.25) is 0 Å². The van der Waals surface area contributed by atoms with E-state index in [-0.39, 0.29) is 11.9 Å². The molecule has 0 saturated heterocycles. The first-order chi connectivity index (χ1) is 9.62. The lowest BCUT2D eigenvalue weighted by Gasteiger charge is -2.26. The molecular formula is C17H29FN2. The second kappa shape index (κ2) is 9.09. The third-order valence-electron chi connectivity index (χ3n) is 4.08.